The van der Waals surface area contributed by atoms with Crippen LogP contribution >= 0.6 is 0 Å². The third kappa shape index (κ3) is 3.45. The molecule has 1 aliphatic heterocycles. The molecule has 3 rings (SSSR count). The van der Waals surface area contributed by atoms with Gasteiger partial charge in [0.05, 0.1) is 0 Å². The van der Waals surface area contributed by atoms with Crippen molar-refractivity contribution in [2.45, 2.75) is 44.3 Å². The summed E-state index contributed by atoms with van der Waals surface area (Å²) in [4.78, 5) is 14.3. The van der Waals surface area contributed by atoms with Crippen LogP contribution in [0.2, 0.25) is 0 Å². The molecule has 0 radical (unpaired) electrons. The number of rotatable bonds is 6. The van der Waals surface area contributed by atoms with Gasteiger partial charge in [-0.05, 0) is 38.3 Å². The maximum atomic E-state index is 11.7. The fourth-order valence-corrected chi connectivity index (χ4v) is 2.94. The van der Waals surface area contributed by atoms with E-state index in [1.165, 1.54) is 32.2 Å². The molecule has 2 fully saturated rings. The van der Waals surface area contributed by atoms with Gasteiger partial charge < -0.3 is 9.88 Å². The number of aromatic nitrogens is 1. The molecule has 2 heterocycles. The Balaban J connectivity index is 1.56. The third-order valence-electron chi connectivity index (χ3n) is 4.21. The first-order valence-electron chi connectivity index (χ1n) is 7.46. The van der Waals surface area contributed by atoms with Gasteiger partial charge in [0, 0.05) is 44.0 Å². The molecule has 1 aromatic rings. The molecule has 1 N–H and O–H groups in total. The Bertz CT molecular complexity index is 460. The predicted molar refractivity (Wildman–Crippen MR) is 76.3 cm³/mol. The summed E-state index contributed by atoms with van der Waals surface area (Å²) in [6.45, 7) is 4.11. The molecule has 0 spiro atoms. The molecule has 0 amide bonds. The van der Waals surface area contributed by atoms with E-state index in [1.54, 1.807) is 12.1 Å². The lowest BCUT2D eigenvalue weighted by atomic mass is 10.2. The minimum absolute atomic E-state index is 0.109. The van der Waals surface area contributed by atoms with E-state index in [0.29, 0.717) is 6.04 Å². The number of nitrogens with zero attached hydrogens (tertiary/aromatic N) is 2. The van der Waals surface area contributed by atoms with E-state index in [-0.39, 0.29) is 5.56 Å². The summed E-state index contributed by atoms with van der Waals surface area (Å²) in [5, 5.41) is 3.57. The van der Waals surface area contributed by atoms with Gasteiger partial charge in [0.25, 0.3) is 5.56 Å². The van der Waals surface area contributed by atoms with E-state index in [1.807, 2.05) is 16.8 Å². The van der Waals surface area contributed by atoms with Crippen molar-refractivity contribution < 1.29 is 0 Å². The molecule has 104 valence electrons. The van der Waals surface area contributed by atoms with Crippen molar-refractivity contribution in [1.29, 1.82) is 0 Å². The van der Waals surface area contributed by atoms with E-state index < -0.39 is 0 Å². The number of hydrogen-bond donors (Lipinski definition) is 1. The Morgan fingerprint density at radius 1 is 1.32 bits per heavy atom. The van der Waals surface area contributed by atoms with Gasteiger partial charge in [-0.2, -0.15) is 0 Å². The highest BCUT2D eigenvalue weighted by Gasteiger charge is 2.30. The highest BCUT2D eigenvalue weighted by Crippen LogP contribution is 2.27. The average molecular weight is 261 g/mol. The van der Waals surface area contributed by atoms with Crippen LogP contribution in [-0.2, 0) is 6.54 Å². The Hall–Kier alpha value is -1.13. The van der Waals surface area contributed by atoms with Crippen molar-refractivity contribution in [1.82, 2.24) is 14.8 Å². The Morgan fingerprint density at radius 3 is 2.89 bits per heavy atom. The lowest BCUT2D eigenvalue weighted by molar-refractivity contribution is 0.229. The van der Waals surface area contributed by atoms with Crippen molar-refractivity contribution in [3.63, 3.8) is 0 Å². The molecule has 1 aromatic heterocycles. The first-order chi connectivity index (χ1) is 9.33. The number of nitrogens with one attached hydrogen (secondary N) is 1. The molecule has 2 aliphatic rings. The van der Waals surface area contributed by atoms with Gasteiger partial charge in [0.2, 0.25) is 0 Å². The van der Waals surface area contributed by atoms with Crippen LogP contribution < -0.4 is 10.9 Å². The van der Waals surface area contributed by atoms with E-state index in [9.17, 15) is 4.79 Å². The topological polar surface area (TPSA) is 37.3 Å². The summed E-state index contributed by atoms with van der Waals surface area (Å²) >= 11 is 0. The predicted octanol–water partition coefficient (Wildman–Crippen LogP) is 1.06. The SMILES string of the molecule is O=c1ccccn1CCN(CC1CCCN1)C1CC1. The lowest BCUT2D eigenvalue weighted by Gasteiger charge is -2.25. The van der Waals surface area contributed by atoms with Crippen LogP contribution in [-0.4, -0.2) is 41.2 Å². The van der Waals surface area contributed by atoms with Gasteiger partial charge in [-0.15, -0.1) is 0 Å². The first kappa shape index (κ1) is 12.9. The van der Waals surface area contributed by atoms with Crippen molar-refractivity contribution in [2.75, 3.05) is 19.6 Å². The highest BCUT2D eigenvalue weighted by atomic mass is 16.1. The van der Waals surface area contributed by atoms with Crippen molar-refractivity contribution >= 4 is 0 Å². The fourth-order valence-electron chi connectivity index (χ4n) is 2.94. The third-order valence-corrected chi connectivity index (χ3v) is 4.21. The molecular weight excluding hydrogens is 238 g/mol. The van der Waals surface area contributed by atoms with E-state index >= 15 is 0 Å². The second-order valence-corrected chi connectivity index (χ2v) is 5.75. The molecular formula is C15H23N3O. The van der Waals surface area contributed by atoms with Crippen molar-refractivity contribution in [3.05, 3.63) is 34.7 Å². The summed E-state index contributed by atoms with van der Waals surface area (Å²) < 4.78 is 1.82. The summed E-state index contributed by atoms with van der Waals surface area (Å²) in [7, 11) is 0. The molecule has 1 saturated carbocycles. The van der Waals surface area contributed by atoms with Crippen LogP contribution in [0.1, 0.15) is 25.7 Å². The van der Waals surface area contributed by atoms with Crippen LogP contribution in [0, 0.1) is 0 Å². The molecule has 1 aliphatic carbocycles. The van der Waals surface area contributed by atoms with E-state index in [4.69, 9.17) is 0 Å². The molecule has 4 nitrogen and oxygen atoms in total. The largest absolute Gasteiger partial charge is 0.314 e. The average Bonchev–Trinajstić information content (AvgIpc) is 3.14. The summed E-state index contributed by atoms with van der Waals surface area (Å²) in [5.74, 6) is 0. The molecule has 1 atom stereocenters. The van der Waals surface area contributed by atoms with E-state index in [0.717, 1.165) is 25.7 Å². The van der Waals surface area contributed by atoms with Crippen molar-refractivity contribution in [3.8, 4) is 0 Å². The highest BCUT2D eigenvalue weighted by molar-refractivity contribution is 4.94. The number of hydrogen-bond acceptors (Lipinski definition) is 3. The zero-order valence-electron chi connectivity index (χ0n) is 11.4. The van der Waals surface area contributed by atoms with Crippen LogP contribution in [0.4, 0.5) is 0 Å². The van der Waals surface area contributed by atoms with Crippen LogP contribution in [0.3, 0.4) is 0 Å². The molecule has 19 heavy (non-hydrogen) atoms. The van der Waals surface area contributed by atoms with Gasteiger partial charge in [0.1, 0.15) is 0 Å². The van der Waals surface area contributed by atoms with Gasteiger partial charge in [-0.25, -0.2) is 0 Å². The van der Waals surface area contributed by atoms with Gasteiger partial charge in [-0.3, -0.25) is 9.69 Å². The second-order valence-electron chi connectivity index (χ2n) is 5.75. The smallest absolute Gasteiger partial charge is 0.250 e. The normalized spacial score (nSPS) is 23.1. The number of pyridine rings is 1. The first-order valence-corrected chi connectivity index (χ1v) is 7.46. The maximum Gasteiger partial charge on any atom is 0.250 e. The molecule has 1 saturated heterocycles. The molecule has 0 aromatic carbocycles. The second kappa shape index (κ2) is 5.88. The Morgan fingerprint density at radius 2 is 2.21 bits per heavy atom. The lowest BCUT2D eigenvalue weighted by Crippen LogP contribution is -2.41. The van der Waals surface area contributed by atoms with Gasteiger partial charge in [0.15, 0.2) is 0 Å². The van der Waals surface area contributed by atoms with Crippen LogP contribution in [0.5, 0.6) is 0 Å². The molecule has 4 heteroatoms. The monoisotopic (exact) mass is 261 g/mol. The van der Waals surface area contributed by atoms with Crippen LogP contribution in [0.15, 0.2) is 29.2 Å². The maximum absolute atomic E-state index is 11.7. The van der Waals surface area contributed by atoms with Crippen LogP contribution in [0.25, 0.3) is 0 Å². The molecule has 1 unspecified atom stereocenters. The van der Waals surface area contributed by atoms with Gasteiger partial charge >= 0.3 is 0 Å². The quantitative estimate of drug-likeness (QED) is 0.832. The summed E-state index contributed by atoms with van der Waals surface area (Å²) in [6, 6.07) is 6.80. The standard InChI is InChI=1S/C15H23N3O/c19-15-5-1-2-9-17(15)10-11-18(14-6-7-14)12-13-4-3-8-16-13/h1-2,5,9,13-14,16H,3-4,6-8,10-12H2. The van der Waals surface area contributed by atoms with Crippen molar-refractivity contribution in [2.24, 2.45) is 0 Å². The Labute approximate surface area is 114 Å². The molecule has 0 bridgehead atoms. The Kier molecular flexibility index (Phi) is 3.99. The summed E-state index contributed by atoms with van der Waals surface area (Å²) in [5.41, 5.74) is 0.109. The zero-order chi connectivity index (χ0) is 13.1. The van der Waals surface area contributed by atoms with E-state index in [2.05, 4.69) is 10.2 Å². The zero-order valence-corrected chi connectivity index (χ0v) is 11.4. The summed E-state index contributed by atoms with van der Waals surface area (Å²) in [6.07, 6.45) is 7.16. The van der Waals surface area contributed by atoms with Gasteiger partial charge in [-0.1, -0.05) is 6.07 Å². The minimum atomic E-state index is 0.109. The fraction of sp³-hybridized carbons (Fsp3) is 0.667. The minimum Gasteiger partial charge on any atom is -0.314 e.